The molecule has 0 aliphatic heterocycles. The molecule has 26 heavy (non-hydrogen) atoms. The first-order valence-electron chi connectivity index (χ1n) is 10.7. The SMILES string of the molecule is CCOC(OCC)[SiH2]CCCNCCNCCC[SiH2]C(OCC)OCC. The average Bonchev–Trinajstić information content (AvgIpc) is 2.63. The fourth-order valence-electron chi connectivity index (χ4n) is 2.72. The lowest BCUT2D eigenvalue weighted by molar-refractivity contribution is -0.0830. The predicted octanol–water partition coefficient (Wildman–Crippen LogP) is 0.833. The minimum absolute atomic E-state index is 0.111. The van der Waals surface area contributed by atoms with E-state index in [2.05, 4.69) is 10.6 Å². The molecule has 0 atom stereocenters. The lowest BCUT2D eigenvalue weighted by Crippen LogP contribution is -2.30. The molecule has 0 rings (SSSR count). The van der Waals surface area contributed by atoms with E-state index >= 15 is 0 Å². The third-order valence-corrected chi connectivity index (χ3v) is 7.68. The highest BCUT2D eigenvalue weighted by atomic mass is 28.2. The van der Waals surface area contributed by atoms with Crippen LogP contribution in [0.5, 0.6) is 0 Å². The van der Waals surface area contributed by atoms with Crippen LogP contribution in [0.25, 0.3) is 0 Å². The van der Waals surface area contributed by atoms with Crippen LogP contribution in [0.3, 0.4) is 0 Å². The van der Waals surface area contributed by atoms with Crippen LogP contribution in [0.1, 0.15) is 40.5 Å². The van der Waals surface area contributed by atoms with E-state index in [-0.39, 0.29) is 30.9 Å². The van der Waals surface area contributed by atoms with Gasteiger partial charge in [-0.3, -0.25) is 0 Å². The van der Waals surface area contributed by atoms with Crippen LogP contribution in [0.15, 0.2) is 0 Å². The molecule has 0 aromatic carbocycles. The topological polar surface area (TPSA) is 61.0 Å². The van der Waals surface area contributed by atoms with Gasteiger partial charge in [-0.15, -0.1) is 0 Å². The fraction of sp³-hybridized carbons (Fsp3) is 1.00. The molecule has 0 fully saturated rings. The van der Waals surface area contributed by atoms with Gasteiger partial charge >= 0.3 is 0 Å². The molecular formula is C18H44N2O4Si2. The second-order valence-electron chi connectivity index (χ2n) is 6.17. The van der Waals surface area contributed by atoms with Crippen LogP contribution in [-0.4, -0.2) is 83.5 Å². The smallest absolute Gasteiger partial charge is 0.134 e. The van der Waals surface area contributed by atoms with E-state index in [9.17, 15) is 0 Å². The van der Waals surface area contributed by atoms with Gasteiger partial charge in [0.15, 0.2) is 0 Å². The molecule has 0 aromatic rings. The van der Waals surface area contributed by atoms with Gasteiger partial charge in [-0.25, -0.2) is 0 Å². The van der Waals surface area contributed by atoms with Gasteiger partial charge in [0.25, 0.3) is 0 Å². The second-order valence-corrected chi connectivity index (χ2v) is 10.1. The van der Waals surface area contributed by atoms with E-state index in [4.69, 9.17) is 18.9 Å². The number of hydrogen-bond donors (Lipinski definition) is 2. The zero-order valence-electron chi connectivity index (χ0n) is 17.7. The van der Waals surface area contributed by atoms with Crippen molar-refractivity contribution in [1.29, 1.82) is 0 Å². The predicted molar refractivity (Wildman–Crippen MR) is 116 cm³/mol. The molecule has 0 saturated carbocycles. The number of rotatable bonds is 21. The normalized spacial score (nSPS) is 12.7. The lowest BCUT2D eigenvalue weighted by Gasteiger charge is -2.16. The van der Waals surface area contributed by atoms with Crippen LogP contribution in [0.4, 0.5) is 0 Å². The largest absolute Gasteiger partial charge is 0.357 e. The standard InChI is InChI=1S/C18H44N2O4Si2/c1-5-21-17(22-6-2)25-15-9-11-19-13-14-20-12-10-16-26-18(23-7-3)24-8-4/h17-20H,5-16,25-26H2,1-4H3. The number of ether oxygens (including phenoxy) is 4. The van der Waals surface area contributed by atoms with Crippen molar-refractivity contribution in [1.82, 2.24) is 10.6 Å². The minimum Gasteiger partial charge on any atom is -0.357 e. The Hall–Kier alpha value is 0.194. The van der Waals surface area contributed by atoms with Crippen molar-refractivity contribution in [2.75, 3.05) is 52.6 Å². The summed E-state index contributed by atoms with van der Waals surface area (Å²) >= 11 is 0. The Bertz CT molecular complexity index is 242. The molecule has 0 spiro atoms. The van der Waals surface area contributed by atoms with Gasteiger partial charge in [-0.05, 0) is 53.6 Å². The summed E-state index contributed by atoms with van der Waals surface area (Å²) in [5, 5.41) is 7.02. The zero-order chi connectivity index (χ0) is 19.3. The van der Waals surface area contributed by atoms with E-state index in [1.54, 1.807) is 0 Å². The summed E-state index contributed by atoms with van der Waals surface area (Å²) in [4.78, 5) is 0. The van der Waals surface area contributed by atoms with Crippen LogP contribution in [0.2, 0.25) is 12.1 Å². The summed E-state index contributed by atoms with van der Waals surface area (Å²) in [5.74, 6) is 0.223. The van der Waals surface area contributed by atoms with Gasteiger partial charge in [0, 0.05) is 39.5 Å². The first-order valence-corrected chi connectivity index (χ1v) is 14.3. The Labute approximate surface area is 166 Å². The van der Waals surface area contributed by atoms with E-state index in [0.717, 1.165) is 52.6 Å². The molecule has 0 bridgehead atoms. The molecule has 0 unspecified atom stereocenters. The Morgan fingerprint density at radius 3 is 1.23 bits per heavy atom. The Kier molecular flexibility index (Phi) is 21.7. The summed E-state index contributed by atoms with van der Waals surface area (Å²) < 4.78 is 22.4. The first kappa shape index (κ1) is 26.2. The van der Waals surface area contributed by atoms with Gasteiger partial charge < -0.3 is 29.6 Å². The molecule has 158 valence electrons. The highest BCUT2D eigenvalue weighted by molar-refractivity contribution is 6.36. The molecule has 0 saturated heterocycles. The van der Waals surface area contributed by atoms with Crippen LogP contribution < -0.4 is 10.6 Å². The van der Waals surface area contributed by atoms with E-state index in [1.807, 2.05) is 27.7 Å². The van der Waals surface area contributed by atoms with Gasteiger partial charge in [-0.2, -0.15) is 0 Å². The summed E-state index contributed by atoms with van der Waals surface area (Å²) in [5.41, 5.74) is 0. The van der Waals surface area contributed by atoms with Gasteiger partial charge in [0.05, 0.1) is 19.0 Å². The summed E-state index contributed by atoms with van der Waals surface area (Å²) in [6.45, 7) is 15.4. The molecule has 6 nitrogen and oxygen atoms in total. The molecule has 0 amide bonds. The molecule has 0 radical (unpaired) electrons. The van der Waals surface area contributed by atoms with Gasteiger partial charge in [0.2, 0.25) is 0 Å². The Morgan fingerprint density at radius 2 is 0.923 bits per heavy atom. The number of hydrogen-bond acceptors (Lipinski definition) is 6. The highest BCUT2D eigenvalue weighted by Crippen LogP contribution is 1.99. The second kappa shape index (κ2) is 21.5. The minimum atomic E-state index is -0.282. The van der Waals surface area contributed by atoms with Crippen molar-refractivity contribution in [2.24, 2.45) is 0 Å². The van der Waals surface area contributed by atoms with Crippen LogP contribution in [-0.2, 0) is 18.9 Å². The first-order chi connectivity index (χ1) is 12.8. The quantitative estimate of drug-likeness (QED) is 0.167. The molecule has 2 N–H and O–H groups in total. The number of nitrogens with one attached hydrogen (secondary N) is 2. The summed E-state index contributed by atoms with van der Waals surface area (Å²) in [6.07, 6.45) is 2.45. The van der Waals surface area contributed by atoms with Crippen LogP contribution >= 0.6 is 0 Å². The fourth-order valence-corrected chi connectivity index (χ4v) is 6.08. The van der Waals surface area contributed by atoms with Crippen molar-refractivity contribution >= 4 is 19.0 Å². The van der Waals surface area contributed by atoms with Crippen molar-refractivity contribution in [3.05, 3.63) is 0 Å². The third-order valence-electron chi connectivity index (χ3n) is 3.98. The van der Waals surface area contributed by atoms with Crippen molar-refractivity contribution in [3.8, 4) is 0 Å². The monoisotopic (exact) mass is 408 g/mol. The molecular weight excluding hydrogens is 364 g/mol. The van der Waals surface area contributed by atoms with Crippen molar-refractivity contribution < 1.29 is 18.9 Å². The maximum Gasteiger partial charge on any atom is 0.134 e. The highest BCUT2D eigenvalue weighted by Gasteiger charge is 2.08. The van der Waals surface area contributed by atoms with Gasteiger partial charge in [-0.1, -0.05) is 12.1 Å². The lowest BCUT2D eigenvalue weighted by atomic mass is 10.4. The molecule has 0 aliphatic rings. The molecule has 0 heterocycles. The third kappa shape index (κ3) is 17.6. The maximum absolute atomic E-state index is 5.61. The van der Waals surface area contributed by atoms with Gasteiger partial charge in [0.1, 0.15) is 11.8 Å². The summed E-state index contributed by atoms with van der Waals surface area (Å²) in [7, 11) is -0.564. The van der Waals surface area contributed by atoms with E-state index in [0.29, 0.717) is 0 Å². The van der Waals surface area contributed by atoms with Crippen molar-refractivity contribution in [2.45, 2.75) is 64.5 Å². The van der Waals surface area contributed by atoms with Crippen molar-refractivity contribution in [3.63, 3.8) is 0 Å². The maximum atomic E-state index is 5.61. The molecule has 8 heteroatoms. The Balaban J connectivity index is 3.33. The van der Waals surface area contributed by atoms with E-state index in [1.165, 1.54) is 24.9 Å². The zero-order valence-corrected chi connectivity index (χ0v) is 20.5. The van der Waals surface area contributed by atoms with Crippen LogP contribution in [0, 0.1) is 0 Å². The Morgan fingerprint density at radius 1 is 0.577 bits per heavy atom. The average molecular weight is 409 g/mol. The molecule has 0 aliphatic carbocycles. The summed E-state index contributed by atoms with van der Waals surface area (Å²) in [6, 6.07) is 2.55. The van der Waals surface area contributed by atoms with E-state index < -0.39 is 0 Å². The molecule has 0 aromatic heterocycles.